The Balaban J connectivity index is 1.42. The van der Waals surface area contributed by atoms with Gasteiger partial charge in [-0.15, -0.1) is 11.8 Å². The van der Waals surface area contributed by atoms with Crippen LogP contribution in [0.15, 0.2) is 65.7 Å². The Hall–Kier alpha value is -3.17. The molecule has 1 atom stereocenters. The number of allylic oxidation sites excluding steroid dienone is 1. The van der Waals surface area contributed by atoms with Crippen LogP contribution in [0.3, 0.4) is 0 Å². The van der Waals surface area contributed by atoms with Crippen molar-refractivity contribution in [3.8, 4) is 11.8 Å². The molecule has 0 bridgehead atoms. The second-order valence-electron chi connectivity index (χ2n) is 6.50. The first-order valence-electron chi connectivity index (χ1n) is 8.96. The largest absolute Gasteiger partial charge is 0.490 e. The monoisotopic (exact) mass is 390 g/mol. The van der Waals surface area contributed by atoms with Crippen LogP contribution in [0.25, 0.3) is 10.9 Å². The molecule has 2 aromatic carbocycles. The van der Waals surface area contributed by atoms with Gasteiger partial charge in [-0.1, -0.05) is 30.3 Å². The smallest absolute Gasteiger partial charge is 0.341 e. The van der Waals surface area contributed by atoms with Gasteiger partial charge in [0.25, 0.3) is 0 Å². The van der Waals surface area contributed by atoms with Crippen LogP contribution >= 0.6 is 11.8 Å². The molecule has 1 aliphatic rings. The highest BCUT2D eigenvalue weighted by molar-refractivity contribution is 8.04. The highest BCUT2D eigenvalue weighted by atomic mass is 32.2. The molecule has 5 nitrogen and oxygen atoms in total. The van der Waals surface area contributed by atoms with Gasteiger partial charge in [0.2, 0.25) is 0 Å². The number of carboxylic acid groups (broad SMARTS) is 1. The highest BCUT2D eigenvalue weighted by Crippen LogP contribution is 2.44. The molecular weight excluding hydrogens is 372 g/mol. The van der Waals surface area contributed by atoms with E-state index in [0.29, 0.717) is 35.8 Å². The fourth-order valence-corrected chi connectivity index (χ4v) is 4.43. The third-order valence-corrected chi connectivity index (χ3v) is 6.11. The van der Waals surface area contributed by atoms with Crippen LogP contribution in [0, 0.1) is 11.3 Å². The lowest BCUT2D eigenvalue weighted by Crippen LogP contribution is -2.08. The molecule has 0 radical (unpaired) electrons. The van der Waals surface area contributed by atoms with E-state index in [1.165, 1.54) is 17.1 Å². The Bertz CT molecular complexity index is 1110. The minimum atomic E-state index is -0.898. The van der Waals surface area contributed by atoms with Gasteiger partial charge < -0.3 is 14.4 Å². The fraction of sp³-hybridized carbons (Fsp3) is 0.182. The van der Waals surface area contributed by atoms with E-state index in [4.69, 9.17) is 9.84 Å². The maximum atomic E-state index is 11.1. The molecule has 0 saturated carbocycles. The number of fused-ring (bicyclic) bond motifs is 1. The minimum absolute atomic E-state index is 0.0264. The van der Waals surface area contributed by atoms with Crippen molar-refractivity contribution >= 4 is 28.6 Å². The predicted octanol–water partition coefficient (Wildman–Crippen LogP) is 4.74. The zero-order valence-electron chi connectivity index (χ0n) is 15.0. The summed E-state index contributed by atoms with van der Waals surface area (Å²) in [6.45, 7) is 1.14. The Kier molecular flexibility index (Phi) is 5.09. The van der Waals surface area contributed by atoms with E-state index in [2.05, 4.69) is 28.8 Å². The normalized spacial score (nSPS) is 16.0. The lowest BCUT2D eigenvalue weighted by atomic mass is 10.1. The van der Waals surface area contributed by atoms with Crippen LogP contribution in [-0.4, -0.2) is 22.2 Å². The van der Waals surface area contributed by atoms with Crippen molar-refractivity contribution in [3.05, 3.63) is 76.8 Å². The SMILES string of the molecule is N#Cc1cc(C2CC=C(C(=O)O)S2)ccc1OCCn1ccc2ccccc21. The topological polar surface area (TPSA) is 75.2 Å². The molecule has 1 aliphatic heterocycles. The van der Waals surface area contributed by atoms with Gasteiger partial charge in [-0.3, -0.25) is 0 Å². The summed E-state index contributed by atoms with van der Waals surface area (Å²) >= 11 is 1.32. The van der Waals surface area contributed by atoms with Gasteiger partial charge in [0.1, 0.15) is 18.4 Å². The van der Waals surface area contributed by atoms with Crippen molar-refractivity contribution < 1.29 is 14.6 Å². The molecule has 3 aromatic rings. The summed E-state index contributed by atoms with van der Waals surface area (Å²) in [5, 5.41) is 19.8. The number of hydrogen-bond donors (Lipinski definition) is 1. The maximum Gasteiger partial charge on any atom is 0.341 e. The number of hydrogen-bond acceptors (Lipinski definition) is 4. The Labute approximate surface area is 166 Å². The van der Waals surface area contributed by atoms with Crippen molar-refractivity contribution in [3.63, 3.8) is 0 Å². The summed E-state index contributed by atoms with van der Waals surface area (Å²) in [5.74, 6) is -0.345. The van der Waals surface area contributed by atoms with Gasteiger partial charge in [0.15, 0.2) is 0 Å². The zero-order valence-corrected chi connectivity index (χ0v) is 15.9. The number of carbonyl (C=O) groups is 1. The average Bonchev–Trinajstić information content (AvgIpc) is 3.36. The first-order chi connectivity index (χ1) is 13.7. The van der Waals surface area contributed by atoms with Crippen LogP contribution in [0.5, 0.6) is 5.75 Å². The molecule has 0 saturated heterocycles. The molecular formula is C22H18N2O3S. The molecule has 6 heteroatoms. The van der Waals surface area contributed by atoms with E-state index < -0.39 is 5.97 Å². The number of nitriles is 1. The quantitative estimate of drug-likeness (QED) is 0.658. The second-order valence-corrected chi connectivity index (χ2v) is 7.74. The molecule has 28 heavy (non-hydrogen) atoms. The molecule has 140 valence electrons. The third-order valence-electron chi connectivity index (χ3n) is 4.76. The number of para-hydroxylation sites is 1. The number of aromatic nitrogens is 1. The molecule has 2 heterocycles. The summed E-state index contributed by atoms with van der Waals surface area (Å²) in [7, 11) is 0. The second kappa shape index (κ2) is 7.83. The van der Waals surface area contributed by atoms with Crippen LogP contribution in [0.1, 0.15) is 22.8 Å². The predicted molar refractivity (Wildman–Crippen MR) is 109 cm³/mol. The molecule has 1 N–H and O–H groups in total. The van der Waals surface area contributed by atoms with E-state index in [0.717, 1.165) is 11.1 Å². The highest BCUT2D eigenvalue weighted by Gasteiger charge is 2.24. The summed E-state index contributed by atoms with van der Waals surface area (Å²) in [6.07, 6.45) is 4.42. The molecule has 1 aromatic heterocycles. The van der Waals surface area contributed by atoms with Crippen LogP contribution in [0.4, 0.5) is 0 Å². The molecule has 0 aliphatic carbocycles. The van der Waals surface area contributed by atoms with Gasteiger partial charge >= 0.3 is 5.97 Å². The van der Waals surface area contributed by atoms with Crippen molar-refractivity contribution in [2.24, 2.45) is 0 Å². The van der Waals surface area contributed by atoms with Gasteiger partial charge in [-0.2, -0.15) is 5.26 Å². The maximum absolute atomic E-state index is 11.1. The average molecular weight is 390 g/mol. The number of rotatable bonds is 6. The number of carboxylic acids is 1. The Morgan fingerprint density at radius 2 is 2.14 bits per heavy atom. The summed E-state index contributed by atoms with van der Waals surface area (Å²) in [5.41, 5.74) is 2.57. The molecule has 1 unspecified atom stereocenters. The Morgan fingerprint density at radius 1 is 1.29 bits per heavy atom. The lowest BCUT2D eigenvalue weighted by Gasteiger charge is -2.13. The first-order valence-corrected chi connectivity index (χ1v) is 9.84. The van der Waals surface area contributed by atoms with E-state index in [-0.39, 0.29) is 5.25 Å². The number of ether oxygens (including phenoxy) is 1. The third kappa shape index (κ3) is 3.62. The van der Waals surface area contributed by atoms with Crippen molar-refractivity contribution in [1.82, 2.24) is 4.57 Å². The Morgan fingerprint density at radius 3 is 2.93 bits per heavy atom. The van der Waals surface area contributed by atoms with Gasteiger partial charge in [0.05, 0.1) is 17.0 Å². The summed E-state index contributed by atoms with van der Waals surface area (Å²) in [6, 6.07) is 18.0. The summed E-state index contributed by atoms with van der Waals surface area (Å²) in [4.78, 5) is 11.5. The first kappa shape index (κ1) is 18.2. The van der Waals surface area contributed by atoms with Crippen LogP contribution in [-0.2, 0) is 11.3 Å². The lowest BCUT2D eigenvalue weighted by molar-refractivity contribution is -0.131. The van der Waals surface area contributed by atoms with Gasteiger partial charge in [-0.05, 0) is 41.6 Å². The van der Waals surface area contributed by atoms with Crippen LogP contribution in [0.2, 0.25) is 0 Å². The minimum Gasteiger partial charge on any atom is -0.490 e. The van der Waals surface area contributed by atoms with Gasteiger partial charge in [0, 0.05) is 17.0 Å². The van der Waals surface area contributed by atoms with E-state index in [1.807, 2.05) is 24.4 Å². The summed E-state index contributed by atoms with van der Waals surface area (Å²) < 4.78 is 8.00. The number of aliphatic carboxylic acids is 1. The van der Waals surface area contributed by atoms with Crippen molar-refractivity contribution in [1.29, 1.82) is 5.26 Å². The fourth-order valence-electron chi connectivity index (χ4n) is 3.36. The standard InChI is InChI=1S/C22H18N2O3S/c23-14-17-13-16(20-7-8-21(28-20)22(25)26)5-6-19(17)27-12-11-24-10-9-15-3-1-2-4-18(15)24/h1-6,8-10,13,20H,7,11-12H2,(H,25,26). The molecule has 0 amide bonds. The van der Waals surface area contributed by atoms with E-state index in [9.17, 15) is 10.1 Å². The zero-order chi connectivity index (χ0) is 19.5. The van der Waals surface area contributed by atoms with Gasteiger partial charge in [-0.25, -0.2) is 4.79 Å². The number of thioether (sulfide) groups is 1. The van der Waals surface area contributed by atoms with E-state index in [1.54, 1.807) is 18.2 Å². The number of benzene rings is 2. The van der Waals surface area contributed by atoms with Crippen LogP contribution < -0.4 is 4.74 Å². The molecule has 0 spiro atoms. The number of nitrogens with zero attached hydrogens (tertiary/aromatic N) is 2. The molecule has 0 fully saturated rings. The van der Waals surface area contributed by atoms with Crippen molar-refractivity contribution in [2.45, 2.75) is 18.2 Å². The molecule has 4 rings (SSSR count). The van der Waals surface area contributed by atoms with Crippen molar-refractivity contribution in [2.75, 3.05) is 6.61 Å². The van der Waals surface area contributed by atoms with E-state index >= 15 is 0 Å².